The molecule has 1 fully saturated rings. The molecule has 175 valence electrons. The molecule has 1 aliphatic carbocycles. The second-order valence-electron chi connectivity index (χ2n) is 8.51. The molecule has 3 rings (SSSR count). The third kappa shape index (κ3) is 6.44. The molecule has 0 aromatic heterocycles. The average Bonchev–Trinajstić information content (AvgIpc) is 3.35. The fourth-order valence-electron chi connectivity index (χ4n) is 4.53. The Labute approximate surface area is 196 Å². The highest BCUT2D eigenvalue weighted by Gasteiger charge is 2.48. The number of benzene rings is 2. The van der Waals surface area contributed by atoms with Gasteiger partial charge in [0.05, 0.1) is 0 Å². The normalized spacial score (nSPS) is 15.7. The molecule has 1 aliphatic rings. The van der Waals surface area contributed by atoms with Crippen molar-refractivity contribution in [2.24, 2.45) is 11.1 Å². The van der Waals surface area contributed by atoms with Crippen LogP contribution in [0.2, 0.25) is 0 Å². The van der Waals surface area contributed by atoms with Gasteiger partial charge in [-0.25, -0.2) is 0 Å². The molecule has 7 nitrogen and oxygen atoms in total. The van der Waals surface area contributed by atoms with Gasteiger partial charge >= 0.3 is 7.69 Å². The van der Waals surface area contributed by atoms with Crippen LogP contribution in [0.1, 0.15) is 55.6 Å². The van der Waals surface area contributed by atoms with Gasteiger partial charge in [0.25, 0.3) is 0 Å². The van der Waals surface area contributed by atoms with E-state index < -0.39 is 11.6 Å². The van der Waals surface area contributed by atoms with Gasteiger partial charge in [0.2, 0.25) is 11.8 Å². The fraction of sp³-hybridized carbons (Fsp3) is 0.440. The predicted molar refractivity (Wildman–Crippen MR) is 128 cm³/mol. The molecular formula is C25H33BN3O4. The standard InChI is InChI=1S/C25H33BN3O4/c27-17-9-14-22(33-26-32)29-24(31)25(15-7-8-16-25)23(30)28-18-21(19-10-3-1-4-11-19)20-12-5-2-6-13-20/h1-6,10-13,21-22,32H,7-9,14-18,27H2,(H,28,30)(H,29,31)/t22-/m1/s1. The van der Waals surface area contributed by atoms with Gasteiger partial charge in [-0.3, -0.25) is 9.59 Å². The van der Waals surface area contributed by atoms with Crippen molar-refractivity contribution in [3.8, 4) is 0 Å². The smallest absolute Gasteiger partial charge is 0.429 e. The Morgan fingerprint density at radius 1 is 1.00 bits per heavy atom. The van der Waals surface area contributed by atoms with Crippen LogP contribution in [0.25, 0.3) is 0 Å². The lowest BCUT2D eigenvalue weighted by molar-refractivity contribution is -0.145. The maximum atomic E-state index is 13.4. The number of carbonyl (C=O) groups excluding carboxylic acids is 2. The zero-order valence-corrected chi connectivity index (χ0v) is 18.9. The van der Waals surface area contributed by atoms with Crippen LogP contribution in [-0.2, 0) is 14.2 Å². The highest BCUT2D eigenvalue weighted by Crippen LogP contribution is 2.39. The zero-order chi connectivity index (χ0) is 23.5. The van der Waals surface area contributed by atoms with Gasteiger partial charge in [0.15, 0.2) is 0 Å². The molecule has 0 bridgehead atoms. The third-order valence-electron chi connectivity index (χ3n) is 6.38. The average molecular weight is 450 g/mol. The summed E-state index contributed by atoms with van der Waals surface area (Å²) in [5.41, 5.74) is 6.62. The van der Waals surface area contributed by atoms with E-state index in [9.17, 15) is 9.59 Å². The number of carbonyl (C=O) groups is 2. The third-order valence-corrected chi connectivity index (χ3v) is 6.38. The monoisotopic (exact) mass is 450 g/mol. The van der Waals surface area contributed by atoms with E-state index in [2.05, 4.69) is 10.6 Å². The largest absolute Gasteiger partial charge is 0.486 e. The lowest BCUT2D eigenvalue weighted by atomic mass is 9.83. The van der Waals surface area contributed by atoms with Gasteiger partial charge < -0.3 is 26.0 Å². The van der Waals surface area contributed by atoms with Crippen molar-refractivity contribution in [2.75, 3.05) is 13.1 Å². The lowest BCUT2D eigenvalue weighted by Gasteiger charge is -2.30. The predicted octanol–water partition coefficient (Wildman–Crippen LogP) is 2.22. The number of rotatable bonds is 12. The Morgan fingerprint density at radius 2 is 1.58 bits per heavy atom. The second-order valence-corrected chi connectivity index (χ2v) is 8.51. The van der Waals surface area contributed by atoms with Crippen LogP contribution in [0, 0.1) is 5.41 Å². The fourth-order valence-corrected chi connectivity index (χ4v) is 4.53. The first kappa shape index (κ1) is 25.0. The molecule has 2 aromatic carbocycles. The summed E-state index contributed by atoms with van der Waals surface area (Å²) in [6.45, 7) is 0.826. The van der Waals surface area contributed by atoms with E-state index in [1.165, 1.54) is 0 Å². The Balaban J connectivity index is 1.74. The molecule has 0 spiro atoms. The van der Waals surface area contributed by atoms with Gasteiger partial charge in [-0.15, -0.1) is 0 Å². The van der Waals surface area contributed by atoms with Gasteiger partial charge in [-0.1, -0.05) is 73.5 Å². The summed E-state index contributed by atoms with van der Waals surface area (Å²) in [5.74, 6) is -0.653. The Bertz CT molecular complexity index is 836. The van der Waals surface area contributed by atoms with Crippen molar-refractivity contribution >= 4 is 19.5 Å². The highest BCUT2D eigenvalue weighted by molar-refractivity contribution is 6.16. The SMILES string of the molecule is NCCC[C@H](NC(=O)C1(C(=O)NCC(c2ccccc2)c2ccccc2)CCCC1)O[B]O. The van der Waals surface area contributed by atoms with Gasteiger partial charge in [-0.2, -0.15) is 0 Å². The van der Waals surface area contributed by atoms with E-state index in [0.29, 0.717) is 46.5 Å². The first-order valence-corrected chi connectivity index (χ1v) is 11.6. The Morgan fingerprint density at radius 3 is 2.09 bits per heavy atom. The number of hydrogen-bond acceptors (Lipinski definition) is 5. The first-order chi connectivity index (χ1) is 16.1. The molecule has 2 aromatic rings. The minimum Gasteiger partial charge on any atom is -0.429 e. The minimum atomic E-state index is -1.14. The molecule has 8 heteroatoms. The summed E-state index contributed by atoms with van der Waals surface area (Å²) < 4.78 is 5.12. The van der Waals surface area contributed by atoms with E-state index in [-0.39, 0.29) is 17.7 Å². The number of hydrogen-bond donors (Lipinski definition) is 4. The summed E-state index contributed by atoms with van der Waals surface area (Å²) in [5, 5.41) is 14.9. The number of amides is 2. The van der Waals surface area contributed by atoms with E-state index in [1.54, 1.807) is 0 Å². The molecule has 1 atom stereocenters. The van der Waals surface area contributed by atoms with E-state index in [0.717, 1.165) is 24.0 Å². The van der Waals surface area contributed by atoms with Crippen molar-refractivity contribution in [2.45, 2.75) is 50.7 Å². The molecule has 0 heterocycles. The Hall–Kier alpha value is -2.68. The number of nitrogens with two attached hydrogens (primary N) is 1. The van der Waals surface area contributed by atoms with E-state index in [4.69, 9.17) is 15.4 Å². The van der Waals surface area contributed by atoms with Gasteiger partial charge in [0, 0.05) is 12.5 Å². The maximum Gasteiger partial charge on any atom is 0.486 e. The van der Waals surface area contributed by atoms with Crippen LogP contribution in [0.4, 0.5) is 0 Å². The molecule has 2 amide bonds. The Kier molecular flexibility index (Phi) is 9.48. The first-order valence-electron chi connectivity index (χ1n) is 11.6. The van der Waals surface area contributed by atoms with Crippen molar-refractivity contribution in [1.82, 2.24) is 10.6 Å². The summed E-state index contributed by atoms with van der Waals surface area (Å²) >= 11 is 0. The topological polar surface area (TPSA) is 114 Å². The summed E-state index contributed by atoms with van der Waals surface area (Å²) in [6.07, 6.45) is 2.92. The van der Waals surface area contributed by atoms with Crippen LogP contribution < -0.4 is 16.4 Å². The summed E-state index contributed by atoms with van der Waals surface area (Å²) in [6, 6.07) is 20.1. The molecule has 33 heavy (non-hydrogen) atoms. The van der Waals surface area contributed by atoms with Crippen LogP contribution in [0.15, 0.2) is 60.7 Å². The summed E-state index contributed by atoms with van der Waals surface area (Å²) in [7, 11) is 0.563. The second kappa shape index (κ2) is 12.5. The molecule has 0 aliphatic heterocycles. The number of nitrogens with one attached hydrogen (secondary N) is 2. The van der Waals surface area contributed by atoms with Crippen LogP contribution in [-0.4, -0.2) is 43.8 Å². The van der Waals surface area contributed by atoms with Crippen molar-refractivity contribution in [1.29, 1.82) is 0 Å². The molecule has 1 saturated carbocycles. The molecule has 0 saturated heterocycles. The summed E-state index contributed by atoms with van der Waals surface area (Å²) in [4.78, 5) is 26.7. The van der Waals surface area contributed by atoms with Gasteiger partial charge in [-0.05, 0) is 43.4 Å². The molecule has 0 unspecified atom stereocenters. The van der Waals surface area contributed by atoms with Crippen LogP contribution in [0.3, 0.4) is 0 Å². The van der Waals surface area contributed by atoms with E-state index >= 15 is 0 Å². The van der Waals surface area contributed by atoms with E-state index in [1.807, 2.05) is 60.7 Å². The zero-order valence-electron chi connectivity index (χ0n) is 18.9. The van der Waals surface area contributed by atoms with Crippen LogP contribution in [0.5, 0.6) is 0 Å². The molecule has 1 radical (unpaired) electrons. The quantitative estimate of drug-likeness (QED) is 0.225. The van der Waals surface area contributed by atoms with Crippen LogP contribution >= 0.6 is 0 Å². The van der Waals surface area contributed by atoms with Crippen molar-refractivity contribution < 1.29 is 19.3 Å². The molecule has 5 N–H and O–H groups in total. The molecular weight excluding hydrogens is 417 g/mol. The minimum absolute atomic E-state index is 0.0255. The van der Waals surface area contributed by atoms with Gasteiger partial charge in [0.1, 0.15) is 11.6 Å². The van der Waals surface area contributed by atoms with Crippen molar-refractivity contribution in [3.63, 3.8) is 0 Å². The maximum absolute atomic E-state index is 13.4. The van der Waals surface area contributed by atoms with Crippen molar-refractivity contribution in [3.05, 3.63) is 71.8 Å². The highest BCUT2D eigenvalue weighted by atomic mass is 16.5. The lowest BCUT2D eigenvalue weighted by Crippen LogP contribution is -2.53.